The van der Waals surface area contributed by atoms with E-state index >= 15 is 0 Å². The Morgan fingerprint density at radius 2 is 2.00 bits per heavy atom. The number of hydrogen-bond donors (Lipinski definition) is 2. The number of sulfonamides is 1. The molecule has 3 aromatic rings. The Labute approximate surface area is 128 Å². The standard InChI is InChI=1S/C15H16N4O2S/c1-10-15(11(2)19-18-10)22(20,21)17-9-12-7-13-5-3-4-6-14(13)16-8-12/h3-8,17H,9H2,1-2H3,(H,18,19). The molecule has 0 bridgehead atoms. The van der Waals surface area contributed by atoms with Crippen molar-refractivity contribution in [2.24, 2.45) is 0 Å². The van der Waals surface area contributed by atoms with Gasteiger partial charge in [-0.1, -0.05) is 18.2 Å². The third kappa shape index (κ3) is 2.72. The maximum absolute atomic E-state index is 12.4. The van der Waals surface area contributed by atoms with Gasteiger partial charge in [-0.2, -0.15) is 5.10 Å². The van der Waals surface area contributed by atoms with E-state index in [9.17, 15) is 8.42 Å². The van der Waals surface area contributed by atoms with Crippen LogP contribution in [0, 0.1) is 13.8 Å². The molecule has 2 aromatic heterocycles. The number of aromatic amines is 1. The molecule has 6 nitrogen and oxygen atoms in total. The molecular weight excluding hydrogens is 300 g/mol. The van der Waals surface area contributed by atoms with Crippen LogP contribution in [0.4, 0.5) is 0 Å². The largest absolute Gasteiger partial charge is 0.281 e. The summed E-state index contributed by atoms with van der Waals surface area (Å²) in [4.78, 5) is 4.54. The van der Waals surface area contributed by atoms with Crippen LogP contribution in [0.25, 0.3) is 10.9 Å². The second kappa shape index (κ2) is 5.51. The first-order valence-electron chi connectivity index (χ1n) is 6.82. The van der Waals surface area contributed by atoms with Gasteiger partial charge in [0.2, 0.25) is 10.0 Å². The van der Waals surface area contributed by atoms with Crippen LogP contribution in [0.3, 0.4) is 0 Å². The fourth-order valence-electron chi connectivity index (χ4n) is 2.40. The van der Waals surface area contributed by atoms with Gasteiger partial charge in [0.25, 0.3) is 0 Å². The number of aryl methyl sites for hydroxylation is 2. The number of nitrogens with zero attached hydrogens (tertiary/aromatic N) is 2. The summed E-state index contributed by atoms with van der Waals surface area (Å²) < 4.78 is 27.4. The Bertz CT molecular complexity index is 912. The number of pyridine rings is 1. The molecule has 0 saturated carbocycles. The van der Waals surface area contributed by atoms with E-state index in [0.29, 0.717) is 11.4 Å². The molecule has 7 heteroatoms. The van der Waals surface area contributed by atoms with Crippen molar-refractivity contribution in [3.05, 3.63) is 53.5 Å². The molecule has 0 atom stereocenters. The van der Waals surface area contributed by atoms with Crippen molar-refractivity contribution in [3.63, 3.8) is 0 Å². The van der Waals surface area contributed by atoms with Gasteiger partial charge in [0.05, 0.1) is 16.9 Å². The third-order valence-corrected chi connectivity index (χ3v) is 5.11. The molecule has 0 aliphatic carbocycles. The minimum Gasteiger partial charge on any atom is -0.281 e. The van der Waals surface area contributed by atoms with Crippen molar-refractivity contribution < 1.29 is 8.42 Å². The van der Waals surface area contributed by atoms with Crippen LogP contribution in [-0.2, 0) is 16.6 Å². The van der Waals surface area contributed by atoms with Crippen molar-refractivity contribution >= 4 is 20.9 Å². The van der Waals surface area contributed by atoms with Crippen LogP contribution in [-0.4, -0.2) is 23.6 Å². The molecule has 0 fully saturated rings. The van der Waals surface area contributed by atoms with E-state index in [1.165, 1.54) is 0 Å². The maximum atomic E-state index is 12.4. The molecule has 0 spiro atoms. The fraction of sp³-hybridized carbons (Fsp3) is 0.200. The van der Waals surface area contributed by atoms with Crippen LogP contribution in [0.5, 0.6) is 0 Å². The number of H-pyrrole nitrogens is 1. The van der Waals surface area contributed by atoms with Crippen molar-refractivity contribution in [1.29, 1.82) is 0 Å². The summed E-state index contributed by atoms with van der Waals surface area (Å²) in [6.07, 6.45) is 1.68. The molecule has 0 radical (unpaired) electrons. The van der Waals surface area contributed by atoms with Crippen molar-refractivity contribution in [3.8, 4) is 0 Å². The molecule has 1 aromatic carbocycles. The molecule has 0 saturated heterocycles. The highest BCUT2D eigenvalue weighted by atomic mass is 32.2. The van der Waals surface area contributed by atoms with Gasteiger partial charge in [-0.3, -0.25) is 10.1 Å². The number of fused-ring (bicyclic) bond motifs is 1. The Hall–Kier alpha value is -2.25. The molecule has 3 rings (SSSR count). The summed E-state index contributed by atoms with van der Waals surface area (Å²) in [5.41, 5.74) is 2.68. The average Bonchev–Trinajstić information content (AvgIpc) is 2.85. The highest BCUT2D eigenvalue weighted by Gasteiger charge is 2.21. The van der Waals surface area contributed by atoms with E-state index in [4.69, 9.17) is 0 Å². The van der Waals surface area contributed by atoms with Crippen LogP contribution in [0.15, 0.2) is 41.4 Å². The third-order valence-electron chi connectivity index (χ3n) is 3.44. The van der Waals surface area contributed by atoms with Crippen LogP contribution in [0.2, 0.25) is 0 Å². The first-order chi connectivity index (χ1) is 10.5. The van der Waals surface area contributed by atoms with Gasteiger partial charge < -0.3 is 0 Å². The smallest absolute Gasteiger partial charge is 0.244 e. The Morgan fingerprint density at radius 1 is 1.23 bits per heavy atom. The van der Waals surface area contributed by atoms with Crippen molar-refractivity contribution in [2.45, 2.75) is 25.3 Å². The van der Waals surface area contributed by atoms with E-state index < -0.39 is 10.0 Å². The zero-order valence-corrected chi connectivity index (χ0v) is 13.1. The summed E-state index contributed by atoms with van der Waals surface area (Å²) in [5, 5.41) is 7.59. The monoisotopic (exact) mass is 316 g/mol. The predicted octanol–water partition coefficient (Wildman–Crippen LogP) is 2.05. The topological polar surface area (TPSA) is 87.7 Å². The predicted molar refractivity (Wildman–Crippen MR) is 83.8 cm³/mol. The molecule has 22 heavy (non-hydrogen) atoms. The number of rotatable bonds is 4. The second-order valence-corrected chi connectivity index (χ2v) is 6.83. The summed E-state index contributed by atoms with van der Waals surface area (Å²) in [6.45, 7) is 3.53. The summed E-state index contributed by atoms with van der Waals surface area (Å²) in [5.74, 6) is 0. The molecule has 0 unspecified atom stereocenters. The minimum absolute atomic E-state index is 0.185. The van der Waals surface area contributed by atoms with Crippen molar-refractivity contribution in [1.82, 2.24) is 19.9 Å². The van der Waals surface area contributed by atoms with E-state index in [-0.39, 0.29) is 11.4 Å². The average molecular weight is 316 g/mol. The number of aromatic nitrogens is 3. The molecule has 2 heterocycles. The Balaban J connectivity index is 1.84. The molecule has 0 aliphatic rings. The number of nitrogens with one attached hydrogen (secondary N) is 2. The lowest BCUT2D eigenvalue weighted by Gasteiger charge is -2.07. The van der Waals surface area contributed by atoms with Gasteiger partial charge >= 0.3 is 0 Å². The molecule has 114 valence electrons. The highest BCUT2D eigenvalue weighted by Crippen LogP contribution is 2.17. The lowest BCUT2D eigenvalue weighted by Crippen LogP contribution is -2.24. The second-order valence-electron chi connectivity index (χ2n) is 5.12. The first kappa shape index (κ1) is 14.7. The summed E-state index contributed by atoms with van der Waals surface area (Å²) in [7, 11) is -3.60. The minimum atomic E-state index is -3.60. The lowest BCUT2D eigenvalue weighted by molar-refractivity contribution is 0.580. The van der Waals surface area contributed by atoms with Crippen LogP contribution in [0.1, 0.15) is 17.0 Å². The highest BCUT2D eigenvalue weighted by molar-refractivity contribution is 7.89. The van der Waals surface area contributed by atoms with Gasteiger partial charge in [0, 0.05) is 18.1 Å². The quantitative estimate of drug-likeness (QED) is 0.771. The molecule has 2 N–H and O–H groups in total. The maximum Gasteiger partial charge on any atom is 0.244 e. The first-order valence-corrected chi connectivity index (χ1v) is 8.30. The lowest BCUT2D eigenvalue weighted by atomic mass is 10.2. The Kier molecular flexibility index (Phi) is 3.67. The molecular formula is C15H16N4O2S. The zero-order valence-electron chi connectivity index (χ0n) is 12.3. The fourth-order valence-corrected chi connectivity index (χ4v) is 3.78. The number of hydrogen-bond acceptors (Lipinski definition) is 4. The van der Waals surface area contributed by atoms with Crippen LogP contribution >= 0.6 is 0 Å². The van der Waals surface area contributed by atoms with Gasteiger partial charge in [0.15, 0.2) is 0 Å². The van der Waals surface area contributed by atoms with E-state index in [2.05, 4.69) is 19.9 Å². The van der Waals surface area contributed by atoms with Crippen LogP contribution < -0.4 is 4.72 Å². The number of benzene rings is 1. The van der Waals surface area contributed by atoms with Gasteiger partial charge in [0.1, 0.15) is 4.90 Å². The SMILES string of the molecule is Cc1n[nH]c(C)c1S(=O)(=O)NCc1cnc2ccccc2c1. The molecule has 0 amide bonds. The summed E-state index contributed by atoms with van der Waals surface area (Å²) in [6, 6.07) is 9.64. The zero-order chi connectivity index (χ0) is 15.7. The van der Waals surface area contributed by atoms with Gasteiger partial charge in [-0.05, 0) is 31.5 Å². The van der Waals surface area contributed by atoms with E-state index in [1.807, 2.05) is 30.3 Å². The van der Waals surface area contributed by atoms with E-state index in [0.717, 1.165) is 16.5 Å². The number of para-hydroxylation sites is 1. The van der Waals surface area contributed by atoms with Gasteiger partial charge in [-0.25, -0.2) is 13.1 Å². The van der Waals surface area contributed by atoms with E-state index in [1.54, 1.807) is 20.0 Å². The molecule has 0 aliphatic heterocycles. The Morgan fingerprint density at radius 3 is 2.73 bits per heavy atom. The van der Waals surface area contributed by atoms with Gasteiger partial charge in [-0.15, -0.1) is 0 Å². The van der Waals surface area contributed by atoms with Crippen molar-refractivity contribution in [2.75, 3.05) is 0 Å². The normalized spacial score (nSPS) is 11.9. The summed E-state index contributed by atoms with van der Waals surface area (Å²) >= 11 is 0.